The normalized spacial score (nSPS) is 16.3. The predicted octanol–water partition coefficient (Wildman–Crippen LogP) is 4.63. The molecule has 0 amide bonds. The Balaban J connectivity index is 1.79. The molecule has 0 aliphatic heterocycles. The summed E-state index contributed by atoms with van der Waals surface area (Å²) in [6.45, 7) is 2.00. The molecular weight excluding hydrogens is 234 g/mol. The van der Waals surface area contributed by atoms with Crippen molar-refractivity contribution in [1.82, 2.24) is 4.98 Å². The van der Waals surface area contributed by atoms with Crippen LogP contribution in [-0.4, -0.2) is 10.8 Å². The van der Waals surface area contributed by atoms with Crippen molar-refractivity contribution in [2.75, 3.05) is 0 Å². The van der Waals surface area contributed by atoms with Gasteiger partial charge in [-0.15, -0.1) is 0 Å². The third-order valence-electron chi connectivity index (χ3n) is 4.43. The van der Waals surface area contributed by atoms with E-state index in [9.17, 15) is 4.79 Å². The van der Waals surface area contributed by atoms with Crippen LogP contribution in [0, 0.1) is 12.8 Å². The third-order valence-corrected chi connectivity index (χ3v) is 4.43. The molecule has 1 aromatic heterocycles. The van der Waals surface area contributed by atoms with E-state index in [0.717, 1.165) is 34.5 Å². The molecule has 0 atom stereocenters. The molecule has 100 valence electrons. The number of aryl methyl sites for hydroxylation is 1. The van der Waals surface area contributed by atoms with Crippen molar-refractivity contribution in [3.8, 4) is 0 Å². The van der Waals surface area contributed by atoms with Gasteiger partial charge in [0.15, 0.2) is 5.78 Å². The largest absolute Gasteiger partial charge is 0.358 e. The Morgan fingerprint density at radius 3 is 2.79 bits per heavy atom. The average Bonchev–Trinajstić information content (AvgIpc) is 3.02. The lowest BCUT2D eigenvalue weighted by atomic mass is 9.96. The lowest BCUT2D eigenvalue weighted by molar-refractivity contribution is 0.0975. The van der Waals surface area contributed by atoms with Crippen molar-refractivity contribution >= 4 is 16.7 Å². The molecule has 1 saturated carbocycles. The number of nitrogens with one attached hydrogen (secondary N) is 1. The van der Waals surface area contributed by atoms with Crippen molar-refractivity contribution < 1.29 is 4.79 Å². The van der Waals surface area contributed by atoms with Crippen LogP contribution in [0.2, 0.25) is 0 Å². The maximum absolute atomic E-state index is 12.5. The molecule has 0 saturated heterocycles. The van der Waals surface area contributed by atoms with E-state index >= 15 is 0 Å². The second-order valence-corrected chi connectivity index (χ2v) is 5.78. The molecule has 2 aromatic rings. The third kappa shape index (κ3) is 2.44. The molecule has 1 aliphatic carbocycles. The Hall–Kier alpha value is -1.57. The van der Waals surface area contributed by atoms with Crippen LogP contribution in [0.3, 0.4) is 0 Å². The summed E-state index contributed by atoms with van der Waals surface area (Å²) in [7, 11) is 0. The minimum atomic E-state index is 0.307. The Bertz CT molecular complexity index is 590. The van der Waals surface area contributed by atoms with Crippen molar-refractivity contribution in [3.63, 3.8) is 0 Å². The Kier molecular flexibility index (Phi) is 3.41. The van der Waals surface area contributed by atoms with E-state index in [1.807, 2.05) is 31.2 Å². The maximum Gasteiger partial charge on any atom is 0.165 e. The number of fused-ring (bicyclic) bond motifs is 1. The maximum atomic E-state index is 12.5. The number of ketones is 1. The highest BCUT2D eigenvalue weighted by atomic mass is 16.1. The molecule has 1 aromatic carbocycles. The predicted molar refractivity (Wildman–Crippen MR) is 78.6 cm³/mol. The van der Waals surface area contributed by atoms with Crippen LogP contribution in [0.25, 0.3) is 10.9 Å². The summed E-state index contributed by atoms with van der Waals surface area (Å²) in [5.41, 5.74) is 3.00. The summed E-state index contributed by atoms with van der Waals surface area (Å²) in [5.74, 6) is 1.09. The molecule has 2 nitrogen and oxygen atoms in total. The zero-order valence-corrected chi connectivity index (χ0v) is 11.5. The highest BCUT2D eigenvalue weighted by Gasteiger charge is 2.19. The molecule has 1 heterocycles. The zero-order chi connectivity index (χ0) is 13.2. The second kappa shape index (κ2) is 5.20. The van der Waals surface area contributed by atoms with Crippen LogP contribution in [-0.2, 0) is 0 Å². The van der Waals surface area contributed by atoms with Crippen LogP contribution in [0.4, 0.5) is 0 Å². The van der Waals surface area contributed by atoms with Gasteiger partial charge in [0.25, 0.3) is 0 Å². The van der Waals surface area contributed by atoms with Gasteiger partial charge in [-0.2, -0.15) is 0 Å². The number of aromatic nitrogens is 1. The van der Waals surface area contributed by atoms with Crippen molar-refractivity contribution in [3.05, 3.63) is 35.5 Å². The van der Waals surface area contributed by atoms with Crippen molar-refractivity contribution in [1.29, 1.82) is 0 Å². The lowest BCUT2D eigenvalue weighted by Gasteiger charge is -2.07. The zero-order valence-electron chi connectivity index (χ0n) is 11.5. The lowest BCUT2D eigenvalue weighted by Crippen LogP contribution is -2.04. The van der Waals surface area contributed by atoms with Gasteiger partial charge in [0.2, 0.25) is 0 Å². The minimum absolute atomic E-state index is 0.307. The first kappa shape index (κ1) is 12.5. The van der Waals surface area contributed by atoms with Gasteiger partial charge in [-0.1, -0.05) is 43.9 Å². The van der Waals surface area contributed by atoms with Gasteiger partial charge < -0.3 is 4.98 Å². The SMILES string of the molecule is Cc1[nH]c2ccccc2c1C(=O)CCC1CCCC1. The molecular formula is C17H21NO. The van der Waals surface area contributed by atoms with Crippen LogP contribution >= 0.6 is 0 Å². The molecule has 2 heteroatoms. The summed E-state index contributed by atoms with van der Waals surface area (Å²) < 4.78 is 0. The summed E-state index contributed by atoms with van der Waals surface area (Å²) in [6, 6.07) is 8.09. The first-order valence-corrected chi connectivity index (χ1v) is 7.36. The van der Waals surface area contributed by atoms with Gasteiger partial charge in [-0.3, -0.25) is 4.79 Å². The Morgan fingerprint density at radius 2 is 2.00 bits per heavy atom. The molecule has 1 N–H and O–H groups in total. The fourth-order valence-corrected chi connectivity index (χ4v) is 3.40. The average molecular weight is 255 g/mol. The van der Waals surface area contributed by atoms with Gasteiger partial charge in [-0.25, -0.2) is 0 Å². The van der Waals surface area contributed by atoms with E-state index in [-0.39, 0.29) is 0 Å². The van der Waals surface area contributed by atoms with E-state index in [1.165, 1.54) is 25.7 Å². The fraction of sp³-hybridized carbons (Fsp3) is 0.471. The number of para-hydroxylation sites is 1. The number of carbonyl (C=O) groups is 1. The van der Waals surface area contributed by atoms with Crippen LogP contribution in [0.15, 0.2) is 24.3 Å². The molecule has 0 radical (unpaired) electrons. The number of carbonyl (C=O) groups excluding carboxylic acids is 1. The molecule has 0 bridgehead atoms. The summed E-state index contributed by atoms with van der Waals surface area (Å²) in [6.07, 6.45) is 7.11. The van der Waals surface area contributed by atoms with Crippen molar-refractivity contribution in [2.45, 2.75) is 45.4 Å². The Morgan fingerprint density at radius 1 is 1.26 bits per heavy atom. The molecule has 19 heavy (non-hydrogen) atoms. The number of aromatic amines is 1. The van der Waals surface area contributed by atoms with Crippen LogP contribution in [0.5, 0.6) is 0 Å². The van der Waals surface area contributed by atoms with Gasteiger partial charge >= 0.3 is 0 Å². The number of hydrogen-bond acceptors (Lipinski definition) is 1. The molecule has 1 fully saturated rings. The molecule has 1 aliphatic rings. The number of hydrogen-bond donors (Lipinski definition) is 1. The second-order valence-electron chi connectivity index (χ2n) is 5.78. The highest BCUT2D eigenvalue weighted by Crippen LogP contribution is 2.30. The van der Waals surface area contributed by atoms with E-state index in [4.69, 9.17) is 0 Å². The fourth-order valence-electron chi connectivity index (χ4n) is 3.40. The van der Waals surface area contributed by atoms with Gasteiger partial charge in [0.05, 0.1) is 0 Å². The smallest absolute Gasteiger partial charge is 0.165 e. The molecule has 0 unspecified atom stereocenters. The van der Waals surface area contributed by atoms with E-state index in [0.29, 0.717) is 12.2 Å². The number of benzene rings is 1. The van der Waals surface area contributed by atoms with Crippen LogP contribution in [0.1, 0.15) is 54.6 Å². The monoisotopic (exact) mass is 255 g/mol. The standard InChI is InChI=1S/C17H21NO/c1-12-17(14-8-4-5-9-15(14)18-12)16(19)11-10-13-6-2-3-7-13/h4-5,8-9,13,18H,2-3,6-7,10-11H2,1H3. The van der Waals surface area contributed by atoms with E-state index < -0.39 is 0 Å². The first-order valence-electron chi connectivity index (χ1n) is 7.36. The van der Waals surface area contributed by atoms with E-state index in [1.54, 1.807) is 0 Å². The number of Topliss-reactive ketones (excluding diaryl/α,β-unsaturated/α-hetero) is 1. The molecule has 0 spiro atoms. The Labute approximate surface area is 114 Å². The van der Waals surface area contributed by atoms with E-state index in [2.05, 4.69) is 4.98 Å². The number of H-pyrrole nitrogens is 1. The van der Waals surface area contributed by atoms with Gasteiger partial charge in [0, 0.05) is 28.6 Å². The summed E-state index contributed by atoms with van der Waals surface area (Å²) in [4.78, 5) is 15.8. The summed E-state index contributed by atoms with van der Waals surface area (Å²) >= 11 is 0. The van der Waals surface area contributed by atoms with Crippen molar-refractivity contribution in [2.24, 2.45) is 5.92 Å². The van der Waals surface area contributed by atoms with Gasteiger partial charge in [-0.05, 0) is 25.3 Å². The quantitative estimate of drug-likeness (QED) is 0.794. The van der Waals surface area contributed by atoms with Gasteiger partial charge in [0.1, 0.15) is 0 Å². The molecule has 3 rings (SSSR count). The first-order chi connectivity index (χ1) is 9.25. The number of rotatable bonds is 4. The van der Waals surface area contributed by atoms with Crippen LogP contribution < -0.4 is 0 Å². The highest BCUT2D eigenvalue weighted by molar-refractivity contribution is 6.09. The minimum Gasteiger partial charge on any atom is -0.358 e. The summed E-state index contributed by atoms with van der Waals surface area (Å²) in [5, 5.41) is 1.08. The topological polar surface area (TPSA) is 32.9 Å².